The molecule has 0 aliphatic carbocycles. The van der Waals surface area contributed by atoms with Crippen LogP contribution in [0.3, 0.4) is 0 Å². The van der Waals surface area contributed by atoms with Gasteiger partial charge < -0.3 is 10.1 Å². The van der Waals surface area contributed by atoms with Crippen LogP contribution in [-0.4, -0.2) is 13.0 Å². The molecule has 3 rings (SSSR count). The Morgan fingerprint density at radius 1 is 1.04 bits per heavy atom. The highest BCUT2D eigenvalue weighted by Gasteiger charge is 2.14. The number of methoxy groups -OCH3 is 1. The van der Waals surface area contributed by atoms with E-state index < -0.39 is 0 Å². The van der Waals surface area contributed by atoms with Crippen LogP contribution in [0, 0.1) is 5.82 Å². The molecular weight excluding hydrogens is 313 g/mol. The van der Waals surface area contributed by atoms with Crippen LogP contribution in [0.1, 0.15) is 9.67 Å². The Morgan fingerprint density at radius 3 is 2.57 bits per heavy atom. The predicted molar refractivity (Wildman–Crippen MR) is 90.7 cm³/mol. The van der Waals surface area contributed by atoms with Gasteiger partial charge in [0.1, 0.15) is 11.6 Å². The van der Waals surface area contributed by atoms with Crippen molar-refractivity contribution >= 4 is 22.9 Å². The van der Waals surface area contributed by atoms with E-state index in [1.807, 2.05) is 12.1 Å². The van der Waals surface area contributed by atoms with Crippen molar-refractivity contribution in [3.63, 3.8) is 0 Å². The molecule has 0 aliphatic rings. The van der Waals surface area contributed by atoms with E-state index in [1.165, 1.54) is 17.4 Å². The minimum absolute atomic E-state index is 0.248. The number of ether oxygens (including phenoxy) is 1. The molecule has 0 fully saturated rings. The molecule has 5 heteroatoms. The number of hydrogen-bond acceptors (Lipinski definition) is 3. The van der Waals surface area contributed by atoms with E-state index in [0.29, 0.717) is 26.8 Å². The molecule has 0 unspecified atom stereocenters. The van der Waals surface area contributed by atoms with Crippen molar-refractivity contribution in [1.82, 2.24) is 0 Å². The SMILES string of the molecule is COc1ccccc1NC(=O)c1ccc(-c2ccccc2F)s1. The smallest absolute Gasteiger partial charge is 0.265 e. The Bertz CT molecular complexity index is 844. The third kappa shape index (κ3) is 3.24. The molecule has 1 amide bonds. The Morgan fingerprint density at radius 2 is 1.78 bits per heavy atom. The molecule has 23 heavy (non-hydrogen) atoms. The average molecular weight is 327 g/mol. The van der Waals surface area contributed by atoms with Gasteiger partial charge in [0, 0.05) is 10.4 Å². The molecule has 1 heterocycles. The molecule has 0 saturated carbocycles. The summed E-state index contributed by atoms with van der Waals surface area (Å²) in [6, 6.07) is 17.1. The molecule has 3 nitrogen and oxygen atoms in total. The van der Waals surface area contributed by atoms with Gasteiger partial charge in [-0.3, -0.25) is 4.79 Å². The number of benzene rings is 2. The first-order valence-corrected chi connectivity index (χ1v) is 7.80. The van der Waals surface area contributed by atoms with Crippen LogP contribution in [0.15, 0.2) is 60.7 Å². The van der Waals surface area contributed by atoms with Gasteiger partial charge >= 0.3 is 0 Å². The summed E-state index contributed by atoms with van der Waals surface area (Å²) in [7, 11) is 1.55. The number of thiophene rings is 1. The largest absolute Gasteiger partial charge is 0.495 e. The summed E-state index contributed by atoms with van der Waals surface area (Å²) in [5.41, 5.74) is 1.09. The molecule has 1 N–H and O–H groups in total. The number of anilines is 1. The maximum atomic E-state index is 13.8. The third-order valence-electron chi connectivity index (χ3n) is 3.32. The quantitative estimate of drug-likeness (QED) is 0.746. The van der Waals surface area contributed by atoms with E-state index in [2.05, 4.69) is 5.32 Å². The normalized spacial score (nSPS) is 10.3. The molecule has 1 aromatic heterocycles. The van der Waals surface area contributed by atoms with Gasteiger partial charge in [-0.15, -0.1) is 11.3 Å². The summed E-state index contributed by atoms with van der Waals surface area (Å²) < 4.78 is 19.0. The lowest BCUT2D eigenvalue weighted by Crippen LogP contribution is -2.10. The third-order valence-corrected chi connectivity index (χ3v) is 4.44. The summed E-state index contributed by atoms with van der Waals surface area (Å²) in [5.74, 6) is 0.0415. The summed E-state index contributed by atoms with van der Waals surface area (Å²) in [6.45, 7) is 0. The van der Waals surface area contributed by atoms with Crippen molar-refractivity contribution in [1.29, 1.82) is 0 Å². The lowest BCUT2D eigenvalue weighted by molar-refractivity contribution is 0.103. The van der Waals surface area contributed by atoms with Crippen LogP contribution in [0.25, 0.3) is 10.4 Å². The van der Waals surface area contributed by atoms with Crippen molar-refractivity contribution in [2.75, 3.05) is 12.4 Å². The molecule has 0 bridgehead atoms. The van der Waals surface area contributed by atoms with E-state index in [0.717, 1.165) is 0 Å². The number of carbonyl (C=O) groups is 1. The van der Waals surface area contributed by atoms with Crippen molar-refractivity contribution < 1.29 is 13.9 Å². The highest BCUT2D eigenvalue weighted by molar-refractivity contribution is 7.17. The van der Waals surface area contributed by atoms with Gasteiger partial charge in [0.25, 0.3) is 5.91 Å². The fraction of sp³-hybridized carbons (Fsp3) is 0.0556. The first kappa shape index (κ1) is 15.2. The lowest BCUT2D eigenvalue weighted by atomic mass is 10.2. The Labute approximate surface area is 137 Å². The van der Waals surface area contributed by atoms with Crippen molar-refractivity contribution in [2.45, 2.75) is 0 Å². The molecule has 2 aromatic carbocycles. The van der Waals surface area contributed by atoms with Crippen molar-refractivity contribution in [3.05, 3.63) is 71.4 Å². The number of amides is 1. The minimum atomic E-state index is -0.300. The number of carbonyl (C=O) groups excluding carboxylic acids is 1. The number of rotatable bonds is 4. The Hall–Kier alpha value is -2.66. The van der Waals surface area contributed by atoms with E-state index in [4.69, 9.17) is 4.74 Å². The van der Waals surface area contributed by atoms with E-state index in [-0.39, 0.29) is 11.7 Å². The van der Waals surface area contributed by atoms with Crippen molar-refractivity contribution in [2.24, 2.45) is 0 Å². The highest BCUT2D eigenvalue weighted by atomic mass is 32.1. The number of nitrogens with one attached hydrogen (secondary N) is 1. The highest BCUT2D eigenvalue weighted by Crippen LogP contribution is 2.31. The number of halogens is 1. The second kappa shape index (κ2) is 6.62. The second-order valence-corrected chi connectivity index (χ2v) is 5.88. The monoisotopic (exact) mass is 327 g/mol. The Kier molecular flexibility index (Phi) is 4.39. The predicted octanol–water partition coefficient (Wildman–Crippen LogP) is 4.82. The molecular formula is C18H14FNO2S. The van der Waals surface area contributed by atoms with Gasteiger partial charge in [-0.05, 0) is 30.3 Å². The summed E-state index contributed by atoms with van der Waals surface area (Å²) >= 11 is 1.25. The summed E-state index contributed by atoms with van der Waals surface area (Å²) in [6.07, 6.45) is 0. The molecule has 0 spiro atoms. The molecule has 116 valence electrons. The molecule has 0 aliphatic heterocycles. The van der Waals surface area contributed by atoms with Gasteiger partial charge in [0.15, 0.2) is 0 Å². The van der Waals surface area contributed by atoms with E-state index >= 15 is 0 Å². The zero-order chi connectivity index (χ0) is 16.2. The van der Waals surface area contributed by atoms with E-state index in [1.54, 1.807) is 49.6 Å². The number of hydrogen-bond donors (Lipinski definition) is 1. The van der Waals surface area contributed by atoms with Crippen LogP contribution in [-0.2, 0) is 0 Å². The van der Waals surface area contributed by atoms with Crippen LogP contribution in [0.5, 0.6) is 5.75 Å². The van der Waals surface area contributed by atoms with Crippen LogP contribution >= 0.6 is 11.3 Å². The fourth-order valence-electron chi connectivity index (χ4n) is 2.20. The first-order chi connectivity index (χ1) is 11.2. The minimum Gasteiger partial charge on any atom is -0.495 e. The maximum absolute atomic E-state index is 13.8. The average Bonchev–Trinajstić information content (AvgIpc) is 3.05. The fourth-order valence-corrected chi connectivity index (χ4v) is 3.13. The molecule has 3 aromatic rings. The van der Waals surface area contributed by atoms with Gasteiger partial charge in [-0.1, -0.05) is 30.3 Å². The second-order valence-electron chi connectivity index (χ2n) is 4.80. The van der Waals surface area contributed by atoms with Gasteiger partial charge in [-0.25, -0.2) is 4.39 Å². The zero-order valence-electron chi connectivity index (χ0n) is 12.4. The van der Waals surface area contributed by atoms with Crippen LogP contribution in [0.4, 0.5) is 10.1 Å². The standard InChI is InChI=1S/C18H14FNO2S/c1-22-15-9-5-4-8-14(15)20-18(21)17-11-10-16(23-17)12-6-2-3-7-13(12)19/h2-11H,1H3,(H,20,21). The summed E-state index contributed by atoms with van der Waals surface area (Å²) in [5, 5.41) is 2.81. The first-order valence-electron chi connectivity index (χ1n) is 6.98. The topological polar surface area (TPSA) is 38.3 Å². The van der Waals surface area contributed by atoms with Crippen LogP contribution in [0.2, 0.25) is 0 Å². The zero-order valence-corrected chi connectivity index (χ0v) is 13.2. The summed E-state index contributed by atoms with van der Waals surface area (Å²) in [4.78, 5) is 13.6. The van der Waals surface area contributed by atoms with Gasteiger partial charge in [0.05, 0.1) is 17.7 Å². The molecule has 0 atom stereocenters. The van der Waals surface area contributed by atoms with Crippen LogP contribution < -0.4 is 10.1 Å². The van der Waals surface area contributed by atoms with E-state index in [9.17, 15) is 9.18 Å². The maximum Gasteiger partial charge on any atom is 0.265 e. The van der Waals surface area contributed by atoms with Gasteiger partial charge in [-0.2, -0.15) is 0 Å². The number of para-hydroxylation sites is 2. The van der Waals surface area contributed by atoms with Crippen molar-refractivity contribution in [3.8, 4) is 16.2 Å². The molecule has 0 saturated heterocycles. The molecule has 0 radical (unpaired) electrons. The lowest BCUT2D eigenvalue weighted by Gasteiger charge is -2.08. The van der Waals surface area contributed by atoms with Gasteiger partial charge in [0.2, 0.25) is 0 Å². The Balaban J connectivity index is 1.83.